The molecule has 0 aromatic heterocycles. The molecule has 5 nitrogen and oxygen atoms in total. The van der Waals surface area contributed by atoms with Gasteiger partial charge in [-0.05, 0) is 31.6 Å². The summed E-state index contributed by atoms with van der Waals surface area (Å²) in [5.41, 5.74) is 0. The summed E-state index contributed by atoms with van der Waals surface area (Å²) in [6, 6.07) is 0. The van der Waals surface area contributed by atoms with Crippen molar-refractivity contribution in [2.75, 3.05) is 12.3 Å². The Bertz CT molecular complexity index is 366. The normalized spacial score (nSPS) is 12.6. The van der Waals surface area contributed by atoms with E-state index in [9.17, 15) is 13.5 Å². The number of rotatable bonds is 10. The molecule has 0 saturated carbocycles. The van der Waals surface area contributed by atoms with Crippen LogP contribution >= 0.6 is 0 Å². The minimum atomic E-state index is -3.89. The number of unbranched alkanes of at least 4 members (excludes halogenated alkanes) is 4. The Labute approximate surface area is 158 Å². The molecule has 0 aliphatic heterocycles. The summed E-state index contributed by atoms with van der Waals surface area (Å²) in [6.45, 7) is 2.42. The van der Waals surface area contributed by atoms with E-state index in [-0.39, 0.29) is 63.0 Å². The van der Waals surface area contributed by atoms with Crippen LogP contribution in [-0.2, 0) is 10.1 Å². The van der Waals surface area contributed by atoms with Crippen molar-refractivity contribution < 1.29 is 69.5 Å². The van der Waals surface area contributed by atoms with Crippen LogP contribution in [0.1, 0.15) is 45.4 Å². The molecule has 1 N–H and O–H groups in total. The van der Waals surface area contributed by atoms with Gasteiger partial charge in [-0.15, -0.1) is 0 Å². The molecule has 0 fully saturated rings. The quantitative estimate of drug-likeness (QED) is 0.176. The standard InChI is InChI=1S/C12H23NO4S.K/c1-2-3-4-5-6-9-12(14)13-10-7-8-11-18(15,16)17;/h6,9H,2-5,7-8,10-11H2,1H3,(H,13,14)(H,15,16,17);/q;+1/p-1/b9-6+;. The summed E-state index contributed by atoms with van der Waals surface area (Å²) in [7, 11) is -3.89. The maximum absolute atomic E-state index is 11.2. The van der Waals surface area contributed by atoms with Gasteiger partial charge in [0.25, 0.3) is 10.1 Å². The molecule has 0 unspecified atom stereocenters. The fraction of sp³-hybridized carbons (Fsp3) is 0.750. The molecular weight excluding hydrogens is 293 g/mol. The first-order chi connectivity index (χ1) is 8.45. The van der Waals surface area contributed by atoms with Crippen LogP contribution in [0.25, 0.3) is 0 Å². The van der Waals surface area contributed by atoms with E-state index < -0.39 is 10.1 Å². The Morgan fingerprint density at radius 3 is 2.53 bits per heavy atom. The van der Waals surface area contributed by atoms with Crippen LogP contribution in [0.4, 0.5) is 0 Å². The summed E-state index contributed by atoms with van der Waals surface area (Å²) < 4.78 is 29.3. The Balaban J connectivity index is 0. The van der Waals surface area contributed by atoms with Gasteiger partial charge in [-0.2, -0.15) is 8.42 Å². The third-order valence-electron chi connectivity index (χ3n) is 2.31. The topological polar surface area (TPSA) is 89.8 Å². The second kappa shape index (κ2) is 13.7. The summed E-state index contributed by atoms with van der Waals surface area (Å²) in [4.78, 5) is 3.76. The van der Waals surface area contributed by atoms with Crippen LogP contribution in [0.15, 0.2) is 17.1 Å². The van der Waals surface area contributed by atoms with E-state index in [4.69, 9.17) is 4.55 Å². The summed E-state index contributed by atoms with van der Waals surface area (Å²) in [6.07, 6.45) is 8.35. The summed E-state index contributed by atoms with van der Waals surface area (Å²) in [5.74, 6) is -0.554. The maximum Gasteiger partial charge on any atom is 1.00 e. The minimum Gasteiger partial charge on any atom is -0.859 e. The number of nitrogens with zero attached hydrogens (tertiary/aromatic N) is 1. The maximum atomic E-state index is 11.2. The van der Waals surface area contributed by atoms with Crippen LogP contribution in [0, 0.1) is 0 Å². The van der Waals surface area contributed by atoms with E-state index in [1.165, 1.54) is 6.08 Å². The summed E-state index contributed by atoms with van der Waals surface area (Å²) in [5, 5.41) is 11.2. The van der Waals surface area contributed by atoms with Gasteiger partial charge in [0, 0.05) is 6.54 Å². The SMILES string of the molecule is CCCCC/C=C/C([O-])=NCCCCS(=O)(=O)O.[K+]. The molecule has 0 radical (unpaired) electrons. The van der Waals surface area contributed by atoms with E-state index in [0.717, 1.165) is 25.7 Å². The molecule has 19 heavy (non-hydrogen) atoms. The Hall–Kier alpha value is 0.756. The zero-order valence-electron chi connectivity index (χ0n) is 11.8. The van der Waals surface area contributed by atoms with Crippen molar-refractivity contribution in [1.82, 2.24) is 0 Å². The number of hydrogen-bond donors (Lipinski definition) is 1. The van der Waals surface area contributed by atoms with Crippen LogP contribution in [0.2, 0.25) is 0 Å². The van der Waals surface area contributed by atoms with Gasteiger partial charge in [0.05, 0.1) is 5.75 Å². The third kappa shape index (κ3) is 18.8. The first kappa shape index (κ1) is 22.0. The van der Waals surface area contributed by atoms with Gasteiger partial charge in [-0.25, -0.2) is 0 Å². The molecule has 0 saturated heterocycles. The van der Waals surface area contributed by atoms with Crippen molar-refractivity contribution in [3.63, 3.8) is 0 Å². The second-order valence-corrected chi connectivity index (χ2v) is 5.68. The molecule has 0 spiro atoms. The minimum absolute atomic E-state index is 0. The smallest absolute Gasteiger partial charge is 0.859 e. The largest absolute Gasteiger partial charge is 1.00 e. The van der Waals surface area contributed by atoms with Crippen molar-refractivity contribution in [3.05, 3.63) is 12.2 Å². The summed E-state index contributed by atoms with van der Waals surface area (Å²) >= 11 is 0. The average Bonchev–Trinajstić information content (AvgIpc) is 2.27. The molecule has 0 rings (SSSR count). The average molecular weight is 315 g/mol. The Morgan fingerprint density at radius 1 is 1.26 bits per heavy atom. The van der Waals surface area contributed by atoms with Crippen molar-refractivity contribution >= 4 is 16.0 Å². The van der Waals surface area contributed by atoms with Crippen LogP contribution in [0.3, 0.4) is 0 Å². The molecule has 0 heterocycles. The first-order valence-corrected chi connectivity index (χ1v) is 7.90. The predicted octanol–water partition coefficient (Wildman–Crippen LogP) is -1.45. The van der Waals surface area contributed by atoms with Crippen molar-refractivity contribution in [1.29, 1.82) is 0 Å². The van der Waals surface area contributed by atoms with Crippen LogP contribution in [-0.4, -0.2) is 31.2 Å². The predicted molar refractivity (Wildman–Crippen MR) is 71.2 cm³/mol. The zero-order chi connectivity index (χ0) is 13.9. The van der Waals surface area contributed by atoms with Gasteiger partial charge >= 0.3 is 51.4 Å². The molecular formula is C12H22KNO4S. The molecule has 0 amide bonds. The van der Waals surface area contributed by atoms with E-state index in [2.05, 4.69) is 11.9 Å². The monoisotopic (exact) mass is 315 g/mol. The fourth-order valence-electron chi connectivity index (χ4n) is 1.33. The number of aliphatic imine (C=N–C) groups is 1. The van der Waals surface area contributed by atoms with Crippen LogP contribution < -0.4 is 56.5 Å². The van der Waals surface area contributed by atoms with Gasteiger partial charge in [0.2, 0.25) is 0 Å². The molecule has 0 aromatic rings. The fourth-order valence-corrected chi connectivity index (χ4v) is 1.90. The van der Waals surface area contributed by atoms with E-state index in [1.54, 1.807) is 0 Å². The first-order valence-electron chi connectivity index (χ1n) is 6.29. The molecule has 7 heteroatoms. The number of hydrogen-bond acceptors (Lipinski definition) is 4. The Morgan fingerprint density at radius 2 is 1.95 bits per heavy atom. The van der Waals surface area contributed by atoms with Crippen molar-refractivity contribution in [2.24, 2.45) is 4.99 Å². The van der Waals surface area contributed by atoms with Gasteiger partial charge in [0.15, 0.2) is 0 Å². The Kier molecular flexibility index (Phi) is 15.9. The van der Waals surface area contributed by atoms with E-state index in [1.807, 2.05) is 6.08 Å². The molecule has 0 aliphatic rings. The number of allylic oxidation sites excluding steroid dienone is 1. The van der Waals surface area contributed by atoms with E-state index in [0.29, 0.717) is 19.4 Å². The van der Waals surface area contributed by atoms with Crippen molar-refractivity contribution in [3.8, 4) is 0 Å². The molecule has 106 valence electrons. The molecule has 0 bridgehead atoms. The molecule has 0 atom stereocenters. The molecule has 0 aromatic carbocycles. The van der Waals surface area contributed by atoms with E-state index >= 15 is 0 Å². The molecule has 0 aliphatic carbocycles. The third-order valence-corrected chi connectivity index (χ3v) is 3.12. The van der Waals surface area contributed by atoms with Gasteiger partial charge in [-0.1, -0.05) is 31.9 Å². The van der Waals surface area contributed by atoms with Crippen molar-refractivity contribution in [2.45, 2.75) is 45.4 Å². The van der Waals surface area contributed by atoms with Crippen LogP contribution in [0.5, 0.6) is 0 Å². The zero-order valence-corrected chi connectivity index (χ0v) is 15.8. The second-order valence-electron chi connectivity index (χ2n) is 4.11. The van der Waals surface area contributed by atoms with Gasteiger partial charge < -0.3 is 10.1 Å². The van der Waals surface area contributed by atoms with Gasteiger partial charge in [-0.3, -0.25) is 4.55 Å². The van der Waals surface area contributed by atoms with Gasteiger partial charge in [0.1, 0.15) is 0 Å².